The van der Waals surface area contributed by atoms with Crippen molar-refractivity contribution in [2.75, 3.05) is 0 Å². The molecule has 2 aromatic heterocycles. The summed E-state index contributed by atoms with van der Waals surface area (Å²) < 4.78 is 7.62. The Morgan fingerprint density at radius 3 is 2.57 bits per heavy atom. The van der Waals surface area contributed by atoms with E-state index in [4.69, 9.17) is 15.5 Å². The Bertz CT molecular complexity index is 1440. The van der Waals surface area contributed by atoms with Gasteiger partial charge in [-0.1, -0.05) is 23.4 Å². The number of aromatic nitrogens is 5. The Morgan fingerprint density at radius 2 is 1.83 bits per heavy atom. The lowest BCUT2D eigenvalue weighted by molar-refractivity contribution is 0.301. The first-order valence-corrected chi connectivity index (χ1v) is 11.1. The van der Waals surface area contributed by atoms with Gasteiger partial charge >= 0.3 is 0 Å². The first kappa shape index (κ1) is 24.0. The maximum absolute atomic E-state index is 6.12. The molecular formula is C26H26ClN7O. The third-order valence-electron chi connectivity index (χ3n) is 5.25. The van der Waals surface area contributed by atoms with Crippen LogP contribution in [0.15, 0.2) is 84.0 Å². The zero-order valence-electron chi connectivity index (χ0n) is 19.4. The van der Waals surface area contributed by atoms with Crippen molar-refractivity contribution in [3.63, 3.8) is 0 Å². The molecule has 0 aliphatic carbocycles. The highest BCUT2D eigenvalue weighted by molar-refractivity contribution is 6.00. The van der Waals surface area contributed by atoms with E-state index < -0.39 is 0 Å². The molecular weight excluding hydrogens is 462 g/mol. The van der Waals surface area contributed by atoms with Crippen LogP contribution in [-0.4, -0.2) is 36.8 Å². The molecule has 0 atom stereocenters. The number of hydrogen-bond acceptors (Lipinski definition) is 5. The van der Waals surface area contributed by atoms with E-state index in [1.165, 1.54) is 0 Å². The summed E-state index contributed by atoms with van der Waals surface area (Å²) in [7, 11) is 0. The molecule has 0 saturated heterocycles. The van der Waals surface area contributed by atoms with Crippen molar-refractivity contribution in [3.05, 3.63) is 90.3 Å². The van der Waals surface area contributed by atoms with Crippen molar-refractivity contribution in [2.45, 2.75) is 26.5 Å². The largest absolute Gasteiger partial charge is 0.487 e. The first-order chi connectivity index (χ1) is 16.5. The summed E-state index contributed by atoms with van der Waals surface area (Å²) in [6.07, 6.45) is 1.87. The number of aromatic amines is 1. The lowest BCUT2D eigenvalue weighted by Gasteiger charge is -2.04. The number of aliphatic imine (C=N–C) groups is 1. The number of para-hydroxylation sites is 1. The second-order valence-corrected chi connectivity index (χ2v) is 8.23. The Balaban J connectivity index is 0.00000289. The maximum Gasteiger partial charge on any atom is 0.138 e. The number of fused-ring (bicyclic) bond motifs is 1. The van der Waals surface area contributed by atoms with Gasteiger partial charge in [-0.2, -0.15) is 0 Å². The molecule has 3 N–H and O–H groups in total. The highest BCUT2D eigenvalue weighted by Gasteiger charge is 2.09. The lowest BCUT2D eigenvalue weighted by Crippen LogP contribution is -2.15. The van der Waals surface area contributed by atoms with Gasteiger partial charge < -0.3 is 15.5 Å². The number of rotatable bonds is 7. The van der Waals surface area contributed by atoms with Crippen LogP contribution < -0.4 is 10.5 Å². The van der Waals surface area contributed by atoms with Crippen molar-refractivity contribution in [2.24, 2.45) is 10.7 Å². The van der Waals surface area contributed by atoms with E-state index in [0.717, 1.165) is 45.1 Å². The number of nitrogens with one attached hydrogen (secondary N) is 1. The van der Waals surface area contributed by atoms with E-state index >= 15 is 0 Å². The molecule has 0 unspecified atom stereocenters. The van der Waals surface area contributed by atoms with Crippen molar-refractivity contribution in [3.8, 4) is 22.8 Å². The molecule has 0 spiro atoms. The minimum atomic E-state index is 0. The number of H-pyrrole nitrogens is 1. The van der Waals surface area contributed by atoms with Gasteiger partial charge in [-0.05, 0) is 68.4 Å². The van der Waals surface area contributed by atoms with Crippen LogP contribution in [0.4, 0.5) is 0 Å². The summed E-state index contributed by atoms with van der Waals surface area (Å²) in [5.41, 5.74) is 11.5. The number of ether oxygens (including phenoxy) is 1. The minimum absolute atomic E-state index is 0. The fourth-order valence-corrected chi connectivity index (χ4v) is 3.60. The average Bonchev–Trinajstić information content (AvgIpc) is 3.50. The van der Waals surface area contributed by atoms with Gasteiger partial charge in [0, 0.05) is 17.2 Å². The summed E-state index contributed by atoms with van der Waals surface area (Å²) >= 11 is 0. The minimum Gasteiger partial charge on any atom is -0.487 e. The van der Waals surface area contributed by atoms with Crippen LogP contribution in [0.2, 0.25) is 0 Å². The van der Waals surface area contributed by atoms with Crippen LogP contribution in [0.3, 0.4) is 0 Å². The summed E-state index contributed by atoms with van der Waals surface area (Å²) in [6, 6.07) is 23.7. The predicted molar refractivity (Wildman–Crippen MR) is 140 cm³/mol. The smallest absolute Gasteiger partial charge is 0.138 e. The number of halogens is 1. The number of imidazole rings is 1. The molecule has 178 valence electrons. The second kappa shape index (κ2) is 10.4. The van der Waals surface area contributed by atoms with Gasteiger partial charge in [-0.3, -0.25) is 4.99 Å². The van der Waals surface area contributed by atoms with Gasteiger partial charge in [-0.25, -0.2) is 9.67 Å². The van der Waals surface area contributed by atoms with Crippen LogP contribution in [0.1, 0.15) is 25.1 Å². The Kier molecular flexibility index (Phi) is 7.12. The Hall–Kier alpha value is -4.17. The molecule has 8 nitrogen and oxygen atoms in total. The number of nitrogens with zero attached hydrogens (tertiary/aromatic N) is 5. The highest BCUT2D eigenvalue weighted by Crippen LogP contribution is 2.24. The number of amidine groups is 1. The Morgan fingerprint density at radius 1 is 1.06 bits per heavy atom. The fraction of sp³-hybridized carbons (Fsp3) is 0.154. The molecule has 5 aromatic rings. The van der Waals surface area contributed by atoms with Crippen molar-refractivity contribution < 1.29 is 4.74 Å². The van der Waals surface area contributed by atoms with Gasteiger partial charge in [0.25, 0.3) is 0 Å². The van der Waals surface area contributed by atoms with Gasteiger partial charge in [-0.15, -0.1) is 17.5 Å². The molecule has 9 heteroatoms. The number of benzene rings is 3. The van der Waals surface area contributed by atoms with Gasteiger partial charge in [0.2, 0.25) is 0 Å². The summed E-state index contributed by atoms with van der Waals surface area (Å²) in [6.45, 7) is 4.33. The molecule has 0 amide bonds. The number of hydrogen-bond donors (Lipinski definition) is 2. The molecule has 0 bridgehead atoms. The van der Waals surface area contributed by atoms with Crippen LogP contribution in [0.25, 0.3) is 28.1 Å². The fourth-order valence-electron chi connectivity index (χ4n) is 3.60. The molecule has 0 aliphatic rings. The molecule has 2 heterocycles. The van der Waals surface area contributed by atoms with Gasteiger partial charge in [0.15, 0.2) is 0 Å². The topological polar surface area (TPSA) is 107 Å². The molecule has 5 rings (SSSR count). The summed E-state index contributed by atoms with van der Waals surface area (Å²) in [4.78, 5) is 12.5. The lowest BCUT2D eigenvalue weighted by atomic mass is 10.2. The van der Waals surface area contributed by atoms with E-state index in [9.17, 15) is 0 Å². The monoisotopic (exact) mass is 487 g/mol. The molecule has 0 saturated carbocycles. The van der Waals surface area contributed by atoms with Crippen LogP contribution >= 0.6 is 12.4 Å². The molecule has 35 heavy (non-hydrogen) atoms. The average molecular weight is 488 g/mol. The first-order valence-electron chi connectivity index (χ1n) is 11.1. The maximum atomic E-state index is 6.12. The van der Waals surface area contributed by atoms with Crippen LogP contribution in [-0.2, 0) is 6.61 Å². The second-order valence-electron chi connectivity index (χ2n) is 8.23. The third kappa shape index (κ3) is 5.50. The zero-order valence-corrected chi connectivity index (χ0v) is 20.2. The quantitative estimate of drug-likeness (QED) is 0.250. The van der Waals surface area contributed by atoms with Crippen molar-refractivity contribution in [1.29, 1.82) is 0 Å². The van der Waals surface area contributed by atoms with E-state index in [2.05, 4.69) is 20.3 Å². The van der Waals surface area contributed by atoms with Gasteiger partial charge in [0.05, 0.1) is 22.9 Å². The van der Waals surface area contributed by atoms with Crippen molar-refractivity contribution >= 4 is 29.3 Å². The molecule has 3 aromatic carbocycles. The number of nitrogens with two attached hydrogens (primary N) is 1. The van der Waals surface area contributed by atoms with Crippen molar-refractivity contribution in [1.82, 2.24) is 25.0 Å². The molecule has 0 radical (unpaired) electrons. The standard InChI is InChI=1S/C26H25N7O.ClH/c1-17(2)28-25(27)19-10-13-23-24(14-19)30-26(29-23)18-8-11-22(12-9-18)34-16-20-15-33(32-31-20)21-6-4-3-5-7-21;/h3-15,17H,16H2,1-2H3,(H2,27,28)(H,29,30);1H. The third-order valence-corrected chi connectivity index (χ3v) is 5.25. The van der Waals surface area contributed by atoms with E-state index in [1.807, 2.05) is 92.8 Å². The van der Waals surface area contributed by atoms with Gasteiger partial charge in [0.1, 0.15) is 29.7 Å². The normalized spacial score (nSPS) is 11.6. The molecule has 0 aliphatic heterocycles. The van der Waals surface area contributed by atoms with Crippen LogP contribution in [0.5, 0.6) is 5.75 Å². The summed E-state index contributed by atoms with van der Waals surface area (Å²) in [5, 5.41) is 8.35. The Labute approximate surface area is 209 Å². The summed E-state index contributed by atoms with van der Waals surface area (Å²) in [5.74, 6) is 2.05. The van der Waals surface area contributed by atoms with Crippen LogP contribution in [0, 0.1) is 0 Å². The van der Waals surface area contributed by atoms with E-state index in [-0.39, 0.29) is 18.4 Å². The SMILES string of the molecule is CC(C)N=C(N)c1ccc2nc(-c3ccc(OCc4cn(-c5ccccc5)nn4)cc3)[nH]c2c1.Cl. The predicted octanol–water partition coefficient (Wildman–Crippen LogP) is 4.93. The molecule has 0 fully saturated rings. The van der Waals surface area contributed by atoms with E-state index in [0.29, 0.717) is 12.4 Å². The highest BCUT2D eigenvalue weighted by atomic mass is 35.5. The van der Waals surface area contributed by atoms with E-state index in [1.54, 1.807) is 4.68 Å². The zero-order chi connectivity index (χ0) is 23.5.